The van der Waals surface area contributed by atoms with Crippen molar-refractivity contribution in [3.63, 3.8) is 0 Å². The first-order valence-electron chi connectivity index (χ1n) is 8.41. The fraction of sp³-hybridized carbons (Fsp3) is 0.444. The highest BCUT2D eigenvalue weighted by molar-refractivity contribution is 8.00. The minimum atomic E-state index is -0.311. The van der Waals surface area contributed by atoms with E-state index in [1.807, 2.05) is 48.9 Å². The molecule has 0 bridgehead atoms. The zero-order valence-electron chi connectivity index (χ0n) is 14.4. The molecule has 6 nitrogen and oxygen atoms in total. The summed E-state index contributed by atoms with van der Waals surface area (Å²) in [6, 6.07) is 11.6. The van der Waals surface area contributed by atoms with Crippen LogP contribution in [0.15, 0.2) is 35.5 Å². The molecule has 3 rings (SSSR count). The Morgan fingerprint density at radius 1 is 1.40 bits per heavy atom. The second-order valence-electron chi connectivity index (χ2n) is 6.17. The molecule has 7 heteroatoms. The molecule has 1 heterocycles. The molecule has 0 saturated heterocycles. The molecule has 1 aromatic heterocycles. The number of rotatable bonds is 7. The molecular formula is C18H21N5OS. The van der Waals surface area contributed by atoms with Gasteiger partial charge in [0, 0.05) is 25.2 Å². The molecule has 0 N–H and O–H groups in total. The van der Waals surface area contributed by atoms with Crippen LogP contribution in [0.3, 0.4) is 0 Å². The molecular weight excluding hydrogens is 334 g/mol. The maximum Gasteiger partial charge on any atom is 0.240 e. The zero-order chi connectivity index (χ0) is 17.8. The van der Waals surface area contributed by atoms with Crippen LogP contribution in [-0.2, 0) is 11.8 Å². The Kier molecular flexibility index (Phi) is 5.39. The van der Waals surface area contributed by atoms with Crippen molar-refractivity contribution in [3.05, 3.63) is 36.2 Å². The standard InChI is InChI=1S/C18H21N5OS/c1-13(25-18-21-20-16(22(18)2)14-9-10-14)17(24)23(12-6-11-19)15-7-4-3-5-8-15/h3-5,7-8,13-14H,6,9-10,12H2,1-2H3/t13-/m0/s1. The molecule has 0 spiro atoms. The summed E-state index contributed by atoms with van der Waals surface area (Å²) in [5, 5.41) is 17.9. The average Bonchev–Trinajstić information content (AvgIpc) is 3.41. The van der Waals surface area contributed by atoms with Gasteiger partial charge in [0.25, 0.3) is 0 Å². The normalized spacial score (nSPS) is 14.8. The molecule has 0 unspecified atom stereocenters. The van der Waals surface area contributed by atoms with Gasteiger partial charge in [0.2, 0.25) is 5.91 Å². The number of benzene rings is 1. The SMILES string of the molecule is C[C@H](Sc1nnc(C2CC2)n1C)C(=O)N(CCC#N)c1ccccc1. The maximum absolute atomic E-state index is 13.0. The van der Waals surface area contributed by atoms with E-state index in [1.54, 1.807) is 4.90 Å². The molecule has 25 heavy (non-hydrogen) atoms. The van der Waals surface area contributed by atoms with Crippen LogP contribution in [0, 0.1) is 11.3 Å². The van der Waals surface area contributed by atoms with Gasteiger partial charge in [0.05, 0.1) is 17.7 Å². The van der Waals surface area contributed by atoms with Crippen LogP contribution in [0.4, 0.5) is 5.69 Å². The Labute approximate surface area is 151 Å². The number of amides is 1. The monoisotopic (exact) mass is 355 g/mol. The smallest absolute Gasteiger partial charge is 0.240 e. The van der Waals surface area contributed by atoms with Crippen LogP contribution in [0.1, 0.15) is 37.9 Å². The Balaban J connectivity index is 1.73. The summed E-state index contributed by atoms with van der Waals surface area (Å²) in [6.07, 6.45) is 2.63. The third-order valence-electron chi connectivity index (χ3n) is 4.22. The molecule has 0 radical (unpaired) electrons. The third kappa shape index (κ3) is 4.02. The lowest BCUT2D eigenvalue weighted by atomic mass is 10.2. The second kappa shape index (κ2) is 7.70. The van der Waals surface area contributed by atoms with Crippen LogP contribution in [-0.4, -0.2) is 32.5 Å². The number of carbonyl (C=O) groups is 1. The lowest BCUT2D eigenvalue weighted by Gasteiger charge is -2.24. The van der Waals surface area contributed by atoms with Gasteiger partial charge < -0.3 is 9.47 Å². The Bertz CT molecular complexity index is 779. The van der Waals surface area contributed by atoms with E-state index in [2.05, 4.69) is 16.3 Å². The van der Waals surface area contributed by atoms with E-state index in [1.165, 1.54) is 24.6 Å². The lowest BCUT2D eigenvalue weighted by molar-refractivity contribution is -0.117. The predicted octanol–water partition coefficient (Wildman–Crippen LogP) is 3.12. The van der Waals surface area contributed by atoms with E-state index < -0.39 is 0 Å². The average molecular weight is 355 g/mol. The first-order chi connectivity index (χ1) is 12.1. The first kappa shape index (κ1) is 17.5. The van der Waals surface area contributed by atoms with Gasteiger partial charge in [-0.15, -0.1) is 10.2 Å². The van der Waals surface area contributed by atoms with Gasteiger partial charge in [-0.1, -0.05) is 30.0 Å². The van der Waals surface area contributed by atoms with E-state index in [0.29, 0.717) is 18.9 Å². The van der Waals surface area contributed by atoms with Gasteiger partial charge in [-0.05, 0) is 31.9 Å². The Hall–Kier alpha value is -2.33. The molecule has 1 saturated carbocycles. The van der Waals surface area contributed by atoms with Crippen molar-refractivity contribution in [1.82, 2.24) is 14.8 Å². The van der Waals surface area contributed by atoms with Crippen molar-refractivity contribution in [3.8, 4) is 6.07 Å². The number of hydrogen-bond donors (Lipinski definition) is 0. The number of nitriles is 1. The van der Waals surface area contributed by atoms with Crippen molar-refractivity contribution in [2.24, 2.45) is 7.05 Å². The quantitative estimate of drug-likeness (QED) is 0.713. The number of thioether (sulfide) groups is 1. The van der Waals surface area contributed by atoms with E-state index >= 15 is 0 Å². The summed E-state index contributed by atoms with van der Waals surface area (Å²) in [4.78, 5) is 14.6. The molecule has 1 amide bonds. The van der Waals surface area contributed by atoms with Crippen molar-refractivity contribution in [1.29, 1.82) is 5.26 Å². The number of carbonyl (C=O) groups excluding carboxylic acids is 1. The highest BCUT2D eigenvalue weighted by Crippen LogP contribution is 2.39. The summed E-state index contributed by atoms with van der Waals surface area (Å²) < 4.78 is 1.99. The van der Waals surface area contributed by atoms with Crippen molar-refractivity contribution < 1.29 is 4.79 Å². The minimum Gasteiger partial charge on any atom is -0.310 e. The second-order valence-corrected chi connectivity index (χ2v) is 7.48. The third-order valence-corrected chi connectivity index (χ3v) is 5.34. The van der Waals surface area contributed by atoms with Crippen molar-refractivity contribution in [2.45, 2.75) is 42.5 Å². The van der Waals surface area contributed by atoms with E-state index in [0.717, 1.165) is 16.7 Å². The summed E-state index contributed by atoms with van der Waals surface area (Å²) in [5.41, 5.74) is 0.812. The highest BCUT2D eigenvalue weighted by Gasteiger charge is 2.30. The zero-order valence-corrected chi connectivity index (χ0v) is 15.2. The number of para-hydroxylation sites is 1. The fourth-order valence-corrected chi connectivity index (χ4v) is 3.57. The highest BCUT2D eigenvalue weighted by atomic mass is 32.2. The molecule has 1 aromatic carbocycles. The summed E-state index contributed by atoms with van der Waals surface area (Å²) in [5.74, 6) is 1.50. The molecule has 130 valence electrons. The topological polar surface area (TPSA) is 74.8 Å². The van der Waals surface area contributed by atoms with Crippen LogP contribution >= 0.6 is 11.8 Å². The van der Waals surface area contributed by atoms with Crippen LogP contribution in [0.5, 0.6) is 0 Å². The molecule has 1 atom stereocenters. The Morgan fingerprint density at radius 2 is 2.12 bits per heavy atom. The lowest BCUT2D eigenvalue weighted by Crippen LogP contribution is -2.37. The summed E-state index contributed by atoms with van der Waals surface area (Å²) in [6.45, 7) is 2.26. The van der Waals surface area contributed by atoms with Gasteiger partial charge in [-0.2, -0.15) is 5.26 Å². The Morgan fingerprint density at radius 3 is 2.76 bits per heavy atom. The van der Waals surface area contributed by atoms with Gasteiger partial charge in [-0.25, -0.2) is 0 Å². The van der Waals surface area contributed by atoms with E-state index in [9.17, 15) is 4.79 Å². The van der Waals surface area contributed by atoms with E-state index in [-0.39, 0.29) is 11.2 Å². The number of nitrogens with zero attached hydrogens (tertiary/aromatic N) is 5. The van der Waals surface area contributed by atoms with E-state index in [4.69, 9.17) is 5.26 Å². The molecule has 1 fully saturated rings. The molecule has 1 aliphatic carbocycles. The number of anilines is 1. The van der Waals surface area contributed by atoms with Gasteiger partial charge in [-0.3, -0.25) is 4.79 Å². The maximum atomic E-state index is 13.0. The van der Waals surface area contributed by atoms with Crippen molar-refractivity contribution >= 4 is 23.4 Å². The van der Waals surface area contributed by atoms with Gasteiger partial charge in [0.15, 0.2) is 5.16 Å². The van der Waals surface area contributed by atoms with Crippen LogP contribution in [0.25, 0.3) is 0 Å². The molecule has 2 aromatic rings. The molecule has 0 aliphatic heterocycles. The van der Waals surface area contributed by atoms with Gasteiger partial charge in [0.1, 0.15) is 5.82 Å². The largest absolute Gasteiger partial charge is 0.310 e. The van der Waals surface area contributed by atoms with Crippen molar-refractivity contribution in [2.75, 3.05) is 11.4 Å². The predicted molar refractivity (Wildman–Crippen MR) is 97.3 cm³/mol. The number of aromatic nitrogens is 3. The van der Waals surface area contributed by atoms with Crippen LogP contribution < -0.4 is 4.90 Å². The first-order valence-corrected chi connectivity index (χ1v) is 9.29. The van der Waals surface area contributed by atoms with Crippen LogP contribution in [0.2, 0.25) is 0 Å². The van der Waals surface area contributed by atoms with Gasteiger partial charge >= 0.3 is 0 Å². The summed E-state index contributed by atoms with van der Waals surface area (Å²) >= 11 is 1.42. The minimum absolute atomic E-state index is 0.0255. The summed E-state index contributed by atoms with van der Waals surface area (Å²) in [7, 11) is 1.96. The number of hydrogen-bond acceptors (Lipinski definition) is 5. The molecule has 1 aliphatic rings. The fourth-order valence-electron chi connectivity index (χ4n) is 2.69.